The van der Waals surface area contributed by atoms with Crippen molar-refractivity contribution in [3.05, 3.63) is 35.4 Å². The molecule has 3 N–H and O–H groups in total. The standard InChI is InChI=1S/C18H24F2N2O2/c19-14-7-13(8-15(20)11-14)10-17(23)9-12-1-3-16(4-2-12)22-18(24)5-6-21/h7-8,11-12,16H,1-6,9-10,21H2,(H,22,24). The second kappa shape index (κ2) is 8.87. The van der Waals surface area contributed by atoms with E-state index in [1.807, 2.05) is 0 Å². The fourth-order valence-electron chi connectivity index (χ4n) is 3.28. The molecule has 24 heavy (non-hydrogen) atoms. The lowest BCUT2D eigenvalue weighted by molar-refractivity contribution is -0.122. The molecule has 6 heteroatoms. The molecule has 0 spiro atoms. The number of hydrogen-bond donors (Lipinski definition) is 2. The number of hydrogen-bond acceptors (Lipinski definition) is 3. The van der Waals surface area contributed by atoms with Crippen LogP contribution in [0, 0.1) is 17.6 Å². The van der Waals surface area contributed by atoms with E-state index in [0.717, 1.165) is 31.7 Å². The Hall–Kier alpha value is -1.82. The minimum absolute atomic E-state index is 0.00406. The third kappa shape index (κ3) is 6.00. The molecule has 0 aromatic heterocycles. The van der Waals surface area contributed by atoms with Crippen LogP contribution in [0.4, 0.5) is 8.78 Å². The predicted octanol–water partition coefficient (Wildman–Crippen LogP) is 2.49. The minimum Gasteiger partial charge on any atom is -0.353 e. The van der Waals surface area contributed by atoms with Gasteiger partial charge in [-0.25, -0.2) is 8.78 Å². The van der Waals surface area contributed by atoms with Crippen LogP contribution in [0.5, 0.6) is 0 Å². The van der Waals surface area contributed by atoms with E-state index in [4.69, 9.17) is 5.73 Å². The molecule has 132 valence electrons. The van der Waals surface area contributed by atoms with E-state index in [9.17, 15) is 18.4 Å². The van der Waals surface area contributed by atoms with Crippen molar-refractivity contribution in [2.45, 2.75) is 51.0 Å². The van der Waals surface area contributed by atoms with Gasteiger partial charge in [-0.1, -0.05) is 0 Å². The van der Waals surface area contributed by atoms with E-state index in [0.29, 0.717) is 24.9 Å². The van der Waals surface area contributed by atoms with Crippen molar-refractivity contribution in [2.24, 2.45) is 11.7 Å². The topological polar surface area (TPSA) is 72.2 Å². The number of carbonyl (C=O) groups is 2. The molecule has 1 aromatic rings. The Bertz CT molecular complexity index is 564. The predicted molar refractivity (Wildman–Crippen MR) is 87.2 cm³/mol. The van der Waals surface area contributed by atoms with Crippen molar-refractivity contribution < 1.29 is 18.4 Å². The molecule has 4 nitrogen and oxygen atoms in total. The maximum Gasteiger partial charge on any atom is 0.221 e. The van der Waals surface area contributed by atoms with Crippen LogP contribution in [0.2, 0.25) is 0 Å². The molecule has 1 aromatic carbocycles. The number of halogens is 2. The molecule has 0 atom stereocenters. The van der Waals surface area contributed by atoms with E-state index in [2.05, 4.69) is 5.32 Å². The van der Waals surface area contributed by atoms with Crippen molar-refractivity contribution in [1.29, 1.82) is 0 Å². The number of nitrogens with one attached hydrogen (secondary N) is 1. The Morgan fingerprint density at radius 3 is 2.29 bits per heavy atom. The Morgan fingerprint density at radius 2 is 1.71 bits per heavy atom. The van der Waals surface area contributed by atoms with Crippen molar-refractivity contribution in [1.82, 2.24) is 5.32 Å². The van der Waals surface area contributed by atoms with Crippen LogP contribution in [-0.4, -0.2) is 24.3 Å². The Labute approximate surface area is 140 Å². The summed E-state index contributed by atoms with van der Waals surface area (Å²) in [6.45, 7) is 0.344. The van der Waals surface area contributed by atoms with Gasteiger partial charge in [0.25, 0.3) is 0 Å². The van der Waals surface area contributed by atoms with E-state index in [-0.39, 0.29) is 30.1 Å². The zero-order valence-electron chi connectivity index (χ0n) is 13.7. The maximum absolute atomic E-state index is 13.1. The molecule has 0 saturated heterocycles. The highest BCUT2D eigenvalue weighted by Crippen LogP contribution is 2.27. The van der Waals surface area contributed by atoms with Gasteiger partial charge >= 0.3 is 0 Å². The summed E-state index contributed by atoms with van der Waals surface area (Å²) < 4.78 is 26.3. The smallest absolute Gasteiger partial charge is 0.221 e. The van der Waals surface area contributed by atoms with Gasteiger partial charge in [-0.15, -0.1) is 0 Å². The lowest BCUT2D eigenvalue weighted by Crippen LogP contribution is -2.38. The molecule has 0 heterocycles. The van der Waals surface area contributed by atoms with Crippen molar-refractivity contribution >= 4 is 11.7 Å². The molecule has 0 bridgehead atoms. The van der Waals surface area contributed by atoms with Gasteiger partial charge in [0, 0.05) is 37.9 Å². The molecule has 1 aliphatic carbocycles. The molecule has 1 amide bonds. The van der Waals surface area contributed by atoms with Crippen molar-refractivity contribution in [3.8, 4) is 0 Å². The van der Waals surface area contributed by atoms with Gasteiger partial charge in [0.2, 0.25) is 5.91 Å². The van der Waals surface area contributed by atoms with Gasteiger partial charge in [-0.05, 0) is 49.3 Å². The van der Waals surface area contributed by atoms with Crippen LogP contribution in [0.25, 0.3) is 0 Å². The highest BCUT2D eigenvalue weighted by Gasteiger charge is 2.24. The Kier molecular flexibility index (Phi) is 6.85. The third-order valence-electron chi connectivity index (χ3n) is 4.42. The first-order chi connectivity index (χ1) is 11.5. The van der Waals surface area contributed by atoms with Crippen LogP contribution in [-0.2, 0) is 16.0 Å². The van der Waals surface area contributed by atoms with Crippen LogP contribution < -0.4 is 11.1 Å². The average molecular weight is 338 g/mol. The van der Waals surface area contributed by atoms with Gasteiger partial charge in [0.05, 0.1) is 0 Å². The number of nitrogens with two attached hydrogens (primary N) is 1. The molecule has 0 radical (unpaired) electrons. The molecule has 0 aliphatic heterocycles. The summed E-state index contributed by atoms with van der Waals surface area (Å²) in [7, 11) is 0. The highest BCUT2D eigenvalue weighted by molar-refractivity contribution is 5.81. The molecular weight excluding hydrogens is 314 g/mol. The summed E-state index contributed by atoms with van der Waals surface area (Å²) in [5, 5.41) is 2.96. The minimum atomic E-state index is -0.661. The van der Waals surface area contributed by atoms with E-state index >= 15 is 0 Å². The average Bonchev–Trinajstić information content (AvgIpc) is 2.48. The number of amides is 1. The zero-order valence-corrected chi connectivity index (χ0v) is 13.7. The van der Waals surface area contributed by atoms with E-state index in [1.54, 1.807) is 0 Å². The van der Waals surface area contributed by atoms with Crippen molar-refractivity contribution in [2.75, 3.05) is 6.54 Å². The summed E-state index contributed by atoms with van der Waals surface area (Å²) in [4.78, 5) is 23.6. The summed E-state index contributed by atoms with van der Waals surface area (Å²) in [6.07, 6.45) is 4.26. The molecule has 1 saturated carbocycles. The maximum atomic E-state index is 13.1. The van der Waals surface area contributed by atoms with Gasteiger partial charge in [-0.2, -0.15) is 0 Å². The van der Waals surface area contributed by atoms with E-state index in [1.165, 1.54) is 12.1 Å². The first kappa shape index (κ1) is 18.5. The van der Waals surface area contributed by atoms with Gasteiger partial charge in [0.1, 0.15) is 17.4 Å². The van der Waals surface area contributed by atoms with Crippen LogP contribution in [0.3, 0.4) is 0 Å². The summed E-state index contributed by atoms with van der Waals surface area (Å²) in [6, 6.07) is 3.36. The quantitative estimate of drug-likeness (QED) is 0.802. The van der Waals surface area contributed by atoms with Crippen molar-refractivity contribution in [3.63, 3.8) is 0 Å². The van der Waals surface area contributed by atoms with E-state index < -0.39 is 11.6 Å². The number of Topliss-reactive ketones (excluding diaryl/α,β-unsaturated/α-hetero) is 1. The van der Waals surface area contributed by atoms with Gasteiger partial charge in [0.15, 0.2) is 0 Å². The fourth-order valence-corrected chi connectivity index (χ4v) is 3.28. The highest BCUT2D eigenvalue weighted by atomic mass is 19.1. The Balaban J connectivity index is 1.75. The third-order valence-corrected chi connectivity index (χ3v) is 4.42. The second-order valence-corrected chi connectivity index (χ2v) is 6.52. The zero-order chi connectivity index (χ0) is 17.5. The van der Waals surface area contributed by atoms with Gasteiger partial charge in [-0.3, -0.25) is 9.59 Å². The lowest BCUT2D eigenvalue weighted by atomic mass is 9.82. The van der Waals surface area contributed by atoms with Gasteiger partial charge < -0.3 is 11.1 Å². The number of carbonyl (C=O) groups excluding carboxylic acids is 2. The number of benzene rings is 1. The van der Waals surface area contributed by atoms with Crippen LogP contribution in [0.15, 0.2) is 18.2 Å². The normalized spacial score (nSPS) is 20.6. The molecular formula is C18H24F2N2O2. The molecule has 1 aliphatic rings. The number of ketones is 1. The van der Waals surface area contributed by atoms with Crippen LogP contribution >= 0.6 is 0 Å². The largest absolute Gasteiger partial charge is 0.353 e. The lowest BCUT2D eigenvalue weighted by Gasteiger charge is -2.28. The molecule has 2 rings (SSSR count). The molecule has 1 fully saturated rings. The monoisotopic (exact) mass is 338 g/mol. The first-order valence-electron chi connectivity index (χ1n) is 8.42. The summed E-state index contributed by atoms with van der Waals surface area (Å²) in [5.41, 5.74) is 5.72. The first-order valence-corrected chi connectivity index (χ1v) is 8.42. The van der Waals surface area contributed by atoms with Crippen LogP contribution in [0.1, 0.15) is 44.1 Å². The SMILES string of the molecule is NCCC(=O)NC1CCC(CC(=O)Cc2cc(F)cc(F)c2)CC1. The number of rotatable bonds is 7. The fraction of sp³-hybridized carbons (Fsp3) is 0.556. The molecule has 0 unspecified atom stereocenters. The summed E-state index contributed by atoms with van der Waals surface area (Å²) >= 11 is 0. The summed E-state index contributed by atoms with van der Waals surface area (Å²) in [5.74, 6) is -1.07. The Morgan fingerprint density at radius 1 is 1.08 bits per heavy atom. The second-order valence-electron chi connectivity index (χ2n) is 6.52.